The number of amides is 1. The average Bonchev–Trinajstić information content (AvgIpc) is 3.45. The van der Waals surface area contributed by atoms with E-state index in [1.807, 2.05) is 29.4 Å². The van der Waals surface area contributed by atoms with Crippen LogP contribution in [0.4, 0.5) is 4.39 Å². The van der Waals surface area contributed by atoms with Crippen molar-refractivity contribution in [3.63, 3.8) is 0 Å². The third-order valence-corrected chi connectivity index (χ3v) is 5.92. The van der Waals surface area contributed by atoms with Gasteiger partial charge in [-0.05, 0) is 82.3 Å². The lowest BCUT2D eigenvalue weighted by molar-refractivity contribution is 0.0704. The Morgan fingerprint density at radius 2 is 1.75 bits per heavy atom. The molecule has 1 aliphatic heterocycles. The molecule has 0 radical (unpaired) electrons. The number of likely N-dealkylation sites (tertiary alicyclic amines) is 1. The number of carbonyl (C=O) groups excluding carboxylic acids is 1. The summed E-state index contributed by atoms with van der Waals surface area (Å²) in [6, 6.07) is 8.91. The topological polar surface area (TPSA) is 37.3 Å². The van der Waals surface area contributed by atoms with E-state index in [4.69, 9.17) is 0 Å². The van der Waals surface area contributed by atoms with Crippen molar-refractivity contribution in [2.24, 2.45) is 5.92 Å². The summed E-state index contributed by atoms with van der Waals surface area (Å²) >= 11 is 0. The van der Waals surface area contributed by atoms with Gasteiger partial charge in [0.05, 0.1) is 5.56 Å². The quantitative estimate of drug-likeness (QED) is 0.807. The molecule has 2 heterocycles. The van der Waals surface area contributed by atoms with Gasteiger partial charge in [-0.25, -0.2) is 4.39 Å². The number of benzene rings is 1. The first kappa shape index (κ1) is 20.9. The first-order valence-electron chi connectivity index (χ1n) is 10.0. The molecule has 152 valence electrons. The van der Waals surface area contributed by atoms with Crippen LogP contribution in [-0.2, 0) is 0 Å². The molecule has 0 atom stereocenters. The molecule has 2 aromatic rings. The zero-order valence-corrected chi connectivity index (χ0v) is 17.4. The molecule has 4 rings (SSSR count). The highest BCUT2D eigenvalue weighted by molar-refractivity contribution is 5.96. The van der Waals surface area contributed by atoms with Crippen LogP contribution in [-0.4, -0.2) is 41.1 Å². The monoisotopic (exact) mass is 405 g/mol. The summed E-state index contributed by atoms with van der Waals surface area (Å²) in [5.74, 6) is 0.745. The second-order valence-corrected chi connectivity index (χ2v) is 8.01. The minimum atomic E-state index is -0.254. The van der Waals surface area contributed by atoms with Crippen molar-refractivity contribution in [1.82, 2.24) is 14.8 Å². The number of rotatable bonds is 5. The maximum Gasteiger partial charge on any atom is 0.255 e. The van der Waals surface area contributed by atoms with Crippen LogP contribution in [0, 0.1) is 25.6 Å². The second-order valence-electron chi connectivity index (χ2n) is 8.01. The highest BCUT2D eigenvalue weighted by Crippen LogP contribution is 2.28. The summed E-state index contributed by atoms with van der Waals surface area (Å²) in [6.07, 6.45) is 4.78. The zero-order chi connectivity index (χ0) is 19.0. The van der Waals surface area contributed by atoms with E-state index < -0.39 is 0 Å². The smallest absolute Gasteiger partial charge is 0.255 e. The van der Waals surface area contributed by atoms with Crippen molar-refractivity contribution in [3.05, 3.63) is 53.1 Å². The first-order chi connectivity index (χ1) is 13.0. The lowest BCUT2D eigenvalue weighted by Crippen LogP contribution is -2.45. The number of nitrogens with one attached hydrogen (secondary N) is 1. The molecule has 1 amide bonds. The van der Waals surface area contributed by atoms with E-state index in [0.717, 1.165) is 61.0 Å². The molecule has 1 saturated carbocycles. The molecule has 1 N–H and O–H groups in total. The predicted octanol–water partition coefficient (Wildman–Crippen LogP) is 4.26. The van der Waals surface area contributed by atoms with Gasteiger partial charge in [-0.15, -0.1) is 12.4 Å². The van der Waals surface area contributed by atoms with Crippen molar-refractivity contribution < 1.29 is 9.18 Å². The van der Waals surface area contributed by atoms with E-state index in [1.165, 1.54) is 25.0 Å². The van der Waals surface area contributed by atoms with Gasteiger partial charge in [0.1, 0.15) is 5.82 Å². The lowest BCUT2D eigenvalue weighted by atomic mass is 10.0. The molecular formula is C22H29ClFN3O. The van der Waals surface area contributed by atoms with Gasteiger partial charge in [0.2, 0.25) is 0 Å². The van der Waals surface area contributed by atoms with Crippen LogP contribution in [0.1, 0.15) is 47.4 Å². The largest absolute Gasteiger partial charge is 0.338 e. The van der Waals surface area contributed by atoms with E-state index in [0.29, 0.717) is 6.04 Å². The number of halogens is 2. The van der Waals surface area contributed by atoms with Gasteiger partial charge in [0, 0.05) is 36.2 Å². The summed E-state index contributed by atoms with van der Waals surface area (Å²) in [4.78, 5) is 15.1. The number of aryl methyl sites for hydroxylation is 1. The Morgan fingerprint density at radius 3 is 2.36 bits per heavy atom. The van der Waals surface area contributed by atoms with Crippen LogP contribution < -0.4 is 5.32 Å². The van der Waals surface area contributed by atoms with Crippen LogP contribution in [0.15, 0.2) is 30.3 Å². The van der Waals surface area contributed by atoms with Gasteiger partial charge >= 0.3 is 0 Å². The van der Waals surface area contributed by atoms with Crippen LogP contribution in [0.5, 0.6) is 0 Å². The van der Waals surface area contributed by atoms with Crippen molar-refractivity contribution in [2.75, 3.05) is 19.6 Å². The Bertz CT molecular complexity index is 821. The van der Waals surface area contributed by atoms with Gasteiger partial charge in [0.15, 0.2) is 0 Å². The maximum absolute atomic E-state index is 13.2. The molecule has 28 heavy (non-hydrogen) atoms. The molecule has 0 spiro atoms. The zero-order valence-electron chi connectivity index (χ0n) is 16.6. The van der Waals surface area contributed by atoms with Gasteiger partial charge in [0.25, 0.3) is 5.91 Å². The number of piperidine rings is 1. The number of hydrogen-bond acceptors (Lipinski definition) is 2. The van der Waals surface area contributed by atoms with Crippen molar-refractivity contribution in [3.8, 4) is 5.69 Å². The fourth-order valence-electron chi connectivity index (χ4n) is 4.08. The van der Waals surface area contributed by atoms with E-state index in [9.17, 15) is 9.18 Å². The van der Waals surface area contributed by atoms with Crippen LogP contribution in [0.3, 0.4) is 0 Å². The van der Waals surface area contributed by atoms with Gasteiger partial charge in [-0.2, -0.15) is 0 Å². The molecule has 4 nitrogen and oxygen atoms in total. The van der Waals surface area contributed by atoms with E-state index in [1.54, 1.807) is 12.1 Å². The molecule has 6 heteroatoms. The molecule has 1 aromatic heterocycles. The molecule has 2 fully saturated rings. The number of hydrogen-bond donors (Lipinski definition) is 1. The summed E-state index contributed by atoms with van der Waals surface area (Å²) in [5.41, 5.74) is 3.54. The number of aromatic nitrogens is 1. The molecule has 2 aliphatic rings. The highest BCUT2D eigenvalue weighted by Gasteiger charge is 2.28. The Hall–Kier alpha value is -1.85. The normalized spacial score (nSPS) is 17.5. The number of carbonyl (C=O) groups is 1. The van der Waals surface area contributed by atoms with Crippen molar-refractivity contribution >= 4 is 18.3 Å². The van der Waals surface area contributed by atoms with Crippen molar-refractivity contribution in [2.45, 2.75) is 45.6 Å². The van der Waals surface area contributed by atoms with Crippen LogP contribution in [0.2, 0.25) is 0 Å². The Balaban J connectivity index is 0.00000225. The Labute approximate surface area is 172 Å². The van der Waals surface area contributed by atoms with Crippen LogP contribution >= 0.6 is 12.4 Å². The summed E-state index contributed by atoms with van der Waals surface area (Å²) in [6.45, 7) is 6.70. The molecule has 0 unspecified atom stereocenters. The van der Waals surface area contributed by atoms with Crippen LogP contribution in [0.25, 0.3) is 5.69 Å². The predicted molar refractivity (Wildman–Crippen MR) is 112 cm³/mol. The minimum absolute atomic E-state index is 0. The SMILES string of the molecule is Cc1cc(C(=O)N2CCC(NCC3CC3)CC2)c(C)n1-c1ccc(F)cc1.Cl. The van der Waals surface area contributed by atoms with Gasteiger partial charge < -0.3 is 14.8 Å². The third-order valence-electron chi connectivity index (χ3n) is 5.92. The molecule has 0 bridgehead atoms. The minimum Gasteiger partial charge on any atom is -0.338 e. The lowest BCUT2D eigenvalue weighted by Gasteiger charge is -2.32. The Morgan fingerprint density at radius 1 is 1.11 bits per heavy atom. The maximum atomic E-state index is 13.2. The summed E-state index contributed by atoms with van der Waals surface area (Å²) in [5, 5.41) is 3.66. The molecule has 1 aromatic carbocycles. The fourth-order valence-corrected chi connectivity index (χ4v) is 4.08. The van der Waals surface area contributed by atoms with E-state index in [2.05, 4.69) is 5.32 Å². The van der Waals surface area contributed by atoms with Crippen molar-refractivity contribution in [1.29, 1.82) is 0 Å². The Kier molecular flexibility index (Phi) is 6.46. The third kappa shape index (κ3) is 4.41. The van der Waals surface area contributed by atoms with Gasteiger partial charge in [-0.1, -0.05) is 0 Å². The molecule has 1 saturated heterocycles. The summed E-state index contributed by atoms with van der Waals surface area (Å²) < 4.78 is 15.3. The number of nitrogens with zero attached hydrogens (tertiary/aromatic N) is 2. The summed E-state index contributed by atoms with van der Waals surface area (Å²) in [7, 11) is 0. The standard InChI is InChI=1S/C22H28FN3O.ClH/c1-15-13-21(16(2)26(15)20-7-5-18(23)6-8-20)22(27)25-11-9-19(10-12-25)24-14-17-3-4-17;/h5-8,13,17,19,24H,3-4,9-12,14H2,1-2H3;1H. The first-order valence-corrected chi connectivity index (χ1v) is 10.0. The molecule has 1 aliphatic carbocycles. The fraction of sp³-hybridized carbons (Fsp3) is 0.500. The molecular weight excluding hydrogens is 377 g/mol. The van der Waals surface area contributed by atoms with Gasteiger partial charge in [-0.3, -0.25) is 4.79 Å². The van der Waals surface area contributed by atoms with E-state index in [-0.39, 0.29) is 24.1 Å². The second kappa shape index (κ2) is 8.66. The average molecular weight is 406 g/mol. The van der Waals surface area contributed by atoms with E-state index >= 15 is 0 Å². The highest BCUT2D eigenvalue weighted by atomic mass is 35.5.